The van der Waals surface area contributed by atoms with Crippen LogP contribution in [0.15, 0.2) is 48.8 Å². The number of pyridine rings is 1. The fourth-order valence-corrected chi connectivity index (χ4v) is 1.59. The summed E-state index contributed by atoms with van der Waals surface area (Å²) in [5.41, 5.74) is 0.981. The van der Waals surface area contributed by atoms with Crippen LogP contribution in [0.3, 0.4) is 0 Å². The number of alkyl halides is 3. The van der Waals surface area contributed by atoms with Gasteiger partial charge in [-0.2, -0.15) is 13.2 Å². The zero-order chi connectivity index (χ0) is 12.3. The summed E-state index contributed by atoms with van der Waals surface area (Å²) in [7, 11) is 0. The third-order valence-corrected chi connectivity index (χ3v) is 2.41. The van der Waals surface area contributed by atoms with E-state index in [2.05, 4.69) is 4.98 Å². The van der Waals surface area contributed by atoms with Crippen LogP contribution in [0.25, 0.3) is 0 Å². The lowest BCUT2D eigenvalue weighted by atomic mass is 10.0. The van der Waals surface area contributed by atoms with Gasteiger partial charge in [0.25, 0.3) is 0 Å². The summed E-state index contributed by atoms with van der Waals surface area (Å²) < 4.78 is 37.5. The first-order chi connectivity index (χ1) is 8.05. The van der Waals surface area contributed by atoms with Crippen LogP contribution in [0, 0.1) is 0 Å². The van der Waals surface area contributed by atoms with Crippen LogP contribution in [0.5, 0.6) is 0 Å². The minimum Gasteiger partial charge on any atom is -0.265 e. The standard InChI is InChI=1S/C13H10F3N/c14-13(15,16)12-3-1-2-11(9-12)8-10-4-6-17-7-5-10/h1-7,9H,8H2. The lowest BCUT2D eigenvalue weighted by molar-refractivity contribution is -0.137. The van der Waals surface area contributed by atoms with Gasteiger partial charge in [-0.05, 0) is 35.7 Å². The molecule has 0 N–H and O–H groups in total. The van der Waals surface area contributed by atoms with E-state index in [1.54, 1.807) is 30.6 Å². The van der Waals surface area contributed by atoms with Crippen molar-refractivity contribution in [3.05, 3.63) is 65.5 Å². The Balaban J connectivity index is 2.23. The van der Waals surface area contributed by atoms with E-state index in [-0.39, 0.29) is 0 Å². The van der Waals surface area contributed by atoms with Crippen LogP contribution >= 0.6 is 0 Å². The third kappa shape index (κ3) is 3.06. The number of halogens is 3. The van der Waals surface area contributed by atoms with Gasteiger partial charge >= 0.3 is 6.18 Å². The molecular formula is C13H10F3N. The molecule has 0 aliphatic heterocycles. The average Bonchev–Trinajstić information content (AvgIpc) is 2.29. The summed E-state index contributed by atoms with van der Waals surface area (Å²) in [5, 5.41) is 0. The highest BCUT2D eigenvalue weighted by atomic mass is 19.4. The van der Waals surface area contributed by atoms with Crippen LogP contribution in [-0.2, 0) is 12.6 Å². The van der Waals surface area contributed by atoms with Crippen molar-refractivity contribution in [2.24, 2.45) is 0 Å². The summed E-state index contributed by atoms with van der Waals surface area (Å²) in [6.07, 6.45) is -0.549. The minimum atomic E-state index is -4.28. The Bertz CT molecular complexity index is 492. The quantitative estimate of drug-likeness (QED) is 0.776. The number of aromatic nitrogens is 1. The second kappa shape index (κ2) is 4.57. The number of hydrogen-bond donors (Lipinski definition) is 0. The van der Waals surface area contributed by atoms with Gasteiger partial charge in [0.2, 0.25) is 0 Å². The third-order valence-electron chi connectivity index (χ3n) is 2.41. The normalized spacial score (nSPS) is 11.5. The first kappa shape index (κ1) is 11.6. The summed E-state index contributed by atoms with van der Waals surface area (Å²) in [5.74, 6) is 0. The maximum Gasteiger partial charge on any atom is 0.416 e. The van der Waals surface area contributed by atoms with Crippen molar-refractivity contribution in [3.63, 3.8) is 0 Å². The molecule has 0 bridgehead atoms. The molecule has 1 nitrogen and oxygen atoms in total. The molecule has 0 atom stereocenters. The Morgan fingerprint density at radius 2 is 1.65 bits per heavy atom. The predicted octanol–water partition coefficient (Wildman–Crippen LogP) is 3.69. The smallest absolute Gasteiger partial charge is 0.265 e. The molecule has 1 aromatic heterocycles. The Labute approximate surface area is 96.9 Å². The second-order valence-corrected chi connectivity index (χ2v) is 3.73. The van der Waals surface area contributed by atoms with E-state index in [0.29, 0.717) is 12.0 Å². The summed E-state index contributed by atoms with van der Waals surface area (Å²) in [4.78, 5) is 3.86. The summed E-state index contributed by atoms with van der Waals surface area (Å²) >= 11 is 0. The molecule has 4 heteroatoms. The van der Waals surface area contributed by atoms with Crippen LogP contribution in [-0.4, -0.2) is 4.98 Å². The lowest BCUT2D eigenvalue weighted by Crippen LogP contribution is -2.05. The van der Waals surface area contributed by atoms with Gasteiger partial charge in [0, 0.05) is 12.4 Å². The van der Waals surface area contributed by atoms with E-state index in [1.165, 1.54) is 12.1 Å². The van der Waals surface area contributed by atoms with Gasteiger partial charge in [0.1, 0.15) is 0 Å². The average molecular weight is 237 g/mol. The van der Waals surface area contributed by atoms with Crippen LogP contribution in [0.1, 0.15) is 16.7 Å². The van der Waals surface area contributed by atoms with E-state index >= 15 is 0 Å². The molecule has 0 amide bonds. The largest absolute Gasteiger partial charge is 0.416 e. The molecule has 0 aliphatic rings. The van der Waals surface area contributed by atoms with Crippen molar-refractivity contribution in [3.8, 4) is 0 Å². The van der Waals surface area contributed by atoms with Crippen molar-refractivity contribution in [2.75, 3.05) is 0 Å². The molecule has 88 valence electrons. The molecule has 17 heavy (non-hydrogen) atoms. The molecule has 0 saturated carbocycles. The van der Waals surface area contributed by atoms with Gasteiger partial charge in [-0.1, -0.05) is 18.2 Å². The zero-order valence-corrected chi connectivity index (χ0v) is 8.91. The minimum absolute atomic E-state index is 0.479. The van der Waals surface area contributed by atoms with Gasteiger partial charge in [0.15, 0.2) is 0 Å². The fraction of sp³-hybridized carbons (Fsp3) is 0.154. The Hall–Kier alpha value is -1.84. The van der Waals surface area contributed by atoms with E-state index in [4.69, 9.17) is 0 Å². The number of benzene rings is 1. The van der Waals surface area contributed by atoms with Crippen LogP contribution in [0.2, 0.25) is 0 Å². The van der Waals surface area contributed by atoms with E-state index in [0.717, 1.165) is 11.6 Å². The lowest BCUT2D eigenvalue weighted by Gasteiger charge is -2.08. The van der Waals surface area contributed by atoms with Crippen molar-refractivity contribution in [1.82, 2.24) is 4.98 Å². The first-order valence-corrected chi connectivity index (χ1v) is 5.11. The van der Waals surface area contributed by atoms with E-state index in [1.807, 2.05) is 0 Å². The molecule has 2 aromatic rings. The highest BCUT2D eigenvalue weighted by molar-refractivity contribution is 5.30. The second-order valence-electron chi connectivity index (χ2n) is 3.73. The number of nitrogens with zero attached hydrogens (tertiary/aromatic N) is 1. The van der Waals surface area contributed by atoms with Crippen molar-refractivity contribution in [2.45, 2.75) is 12.6 Å². The highest BCUT2D eigenvalue weighted by Gasteiger charge is 2.30. The molecule has 1 heterocycles. The van der Waals surface area contributed by atoms with Crippen molar-refractivity contribution in [1.29, 1.82) is 0 Å². The van der Waals surface area contributed by atoms with E-state index < -0.39 is 11.7 Å². The molecular weight excluding hydrogens is 227 g/mol. The summed E-state index contributed by atoms with van der Waals surface area (Å²) in [6.45, 7) is 0. The maximum absolute atomic E-state index is 12.5. The fourth-order valence-electron chi connectivity index (χ4n) is 1.59. The molecule has 0 aliphatic carbocycles. The monoisotopic (exact) mass is 237 g/mol. The molecule has 0 spiro atoms. The Morgan fingerprint density at radius 1 is 0.941 bits per heavy atom. The van der Waals surface area contributed by atoms with E-state index in [9.17, 15) is 13.2 Å². The molecule has 0 fully saturated rings. The zero-order valence-electron chi connectivity index (χ0n) is 8.91. The van der Waals surface area contributed by atoms with Gasteiger partial charge < -0.3 is 0 Å². The predicted molar refractivity (Wildman–Crippen MR) is 58.5 cm³/mol. The SMILES string of the molecule is FC(F)(F)c1cccc(Cc2ccncc2)c1. The van der Waals surface area contributed by atoms with Gasteiger partial charge in [0.05, 0.1) is 5.56 Å². The molecule has 0 radical (unpaired) electrons. The summed E-state index contributed by atoms with van der Waals surface area (Å²) in [6, 6.07) is 8.96. The van der Waals surface area contributed by atoms with Crippen molar-refractivity contribution >= 4 is 0 Å². The molecule has 0 unspecified atom stereocenters. The van der Waals surface area contributed by atoms with Crippen LogP contribution in [0.4, 0.5) is 13.2 Å². The molecule has 2 rings (SSSR count). The highest BCUT2D eigenvalue weighted by Crippen LogP contribution is 2.29. The molecule has 0 saturated heterocycles. The first-order valence-electron chi connectivity index (χ1n) is 5.11. The molecule has 1 aromatic carbocycles. The topological polar surface area (TPSA) is 12.9 Å². The van der Waals surface area contributed by atoms with Crippen LogP contribution < -0.4 is 0 Å². The Kier molecular flexibility index (Phi) is 3.13. The van der Waals surface area contributed by atoms with Gasteiger partial charge in [-0.25, -0.2) is 0 Å². The maximum atomic E-state index is 12.5. The van der Waals surface area contributed by atoms with Gasteiger partial charge in [-0.15, -0.1) is 0 Å². The van der Waals surface area contributed by atoms with Gasteiger partial charge in [-0.3, -0.25) is 4.98 Å². The number of rotatable bonds is 2. The Morgan fingerprint density at radius 3 is 2.29 bits per heavy atom. The number of hydrogen-bond acceptors (Lipinski definition) is 1. The van der Waals surface area contributed by atoms with Crippen molar-refractivity contribution < 1.29 is 13.2 Å².